The highest BCUT2D eigenvalue weighted by molar-refractivity contribution is 5.97. The van der Waals surface area contributed by atoms with Crippen molar-refractivity contribution in [2.24, 2.45) is 0 Å². The molecule has 9 nitrogen and oxygen atoms in total. The molecule has 0 radical (unpaired) electrons. The lowest BCUT2D eigenvalue weighted by Crippen LogP contribution is -2.78. The molecule has 2 amide bonds. The molecular formula is C12H18N2O7. The number of hydrogen-bond donors (Lipinski definition) is 4. The zero-order chi connectivity index (χ0) is 15.4. The van der Waals surface area contributed by atoms with E-state index in [0.29, 0.717) is 0 Å². The fourth-order valence-electron chi connectivity index (χ4n) is 2.97. The number of ether oxygens (including phenoxy) is 3. The van der Waals surface area contributed by atoms with E-state index in [2.05, 4.69) is 10.6 Å². The quantitative estimate of drug-likeness (QED) is 0.412. The standard InChI is InChI=1S/C12H18N2O7/c1-11(2)20-8-7(17)5(4-15)19-12(9(8)21-11)10(18)13-3-6(16)14-12/h5,7-9,15,17H,3-4H2,1-2H3,(H,13,18)(H,14,16)/t5-,7-,8+,9+,12+/m1/s1. The molecule has 0 aromatic carbocycles. The van der Waals surface area contributed by atoms with Gasteiger partial charge in [-0.3, -0.25) is 9.59 Å². The molecule has 21 heavy (non-hydrogen) atoms. The molecule has 3 heterocycles. The summed E-state index contributed by atoms with van der Waals surface area (Å²) >= 11 is 0. The molecule has 0 aromatic heterocycles. The molecule has 3 aliphatic heterocycles. The minimum absolute atomic E-state index is 0.169. The molecule has 4 N–H and O–H groups in total. The first-order valence-electron chi connectivity index (χ1n) is 6.71. The third-order valence-electron chi connectivity index (χ3n) is 3.84. The zero-order valence-corrected chi connectivity index (χ0v) is 11.7. The third-order valence-corrected chi connectivity index (χ3v) is 3.84. The van der Waals surface area contributed by atoms with E-state index >= 15 is 0 Å². The Morgan fingerprint density at radius 1 is 1.29 bits per heavy atom. The number of hydrogen-bond acceptors (Lipinski definition) is 7. The summed E-state index contributed by atoms with van der Waals surface area (Å²) < 4.78 is 16.8. The first kappa shape index (κ1) is 14.7. The van der Waals surface area contributed by atoms with Gasteiger partial charge in [0.1, 0.15) is 24.4 Å². The summed E-state index contributed by atoms with van der Waals surface area (Å²) in [4.78, 5) is 24.0. The maximum absolute atomic E-state index is 12.3. The average molecular weight is 302 g/mol. The molecule has 0 unspecified atom stereocenters. The highest BCUT2D eigenvalue weighted by Crippen LogP contribution is 2.41. The van der Waals surface area contributed by atoms with E-state index in [0.717, 1.165) is 0 Å². The number of aliphatic hydroxyl groups excluding tert-OH is 2. The molecule has 1 spiro atoms. The summed E-state index contributed by atoms with van der Waals surface area (Å²) in [6.45, 7) is 2.56. The molecule has 0 aromatic rings. The molecule has 0 aliphatic carbocycles. The van der Waals surface area contributed by atoms with E-state index in [1.807, 2.05) is 0 Å². The van der Waals surface area contributed by atoms with Gasteiger partial charge in [-0.05, 0) is 13.8 Å². The van der Waals surface area contributed by atoms with Gasteiger partial charge in [-0.25, -0.2) is 0 Å². The highest BCUT2D eigenvalue weighted by atomic mass is 16.8. The van der Waals surface area contributed by atoms with Gasteiger partial charge in [-0.1, -0.05) is 0 Å². The van der Waals surface area contributed by atoms with Crippen LogP contribution in [-0.4, -0.2) is 71.1 Å². The molecule has 3 aliphatic rings. The minimum atomic E-state index is -1.82. The van der Waals surface area contributed by atoms with Gasteiger partial charge >= 0.3 is 0 Å². The number of nitrogens with one attached hydrogen (secondary N) is 2. The summed E-state index contributed by atoms with van der Waals surface area (Å²) in [5.41, 5.74) is -1.82. The summed E-state index contributed by atoms with van der Waals surface area (Å²) in [5, 5.41) is 24.4. The first-order valence-corrected chi connectivity index (χ1v) is 6.71. The van der Waals surface area contributed by atoms with Crippen LogP contribution in [0.15, 0.2) is 0 Å². The second-order valence-corrected chi connectivity index (χ2v) is 5.82. The predicted octanol–water partition coefficient (Wildman–Crippen LogP) is -2.80. The molecule has 3 fully saturated rings. The van der Waals surface area contributed by atoms with Gasteiger partial charge in [0.25, 0.3) is 11.6 Å². The molecule has 3 rings (SSSR count). The zero-order valence-electron chi connectivity index (χ0n) is 11.7. The summed E-state index contributed by atoms with van der Waals surface area (Å²) in [6.07, 6.45) is -4.18. The Kier molecular flexibility index (Phi) is 3.22. The van der Waals surface area contributed by atoms with Crippen molar-refractivity contribution in [3.63, 3.8) is 0 Å². The Labute approximate surface area is 120 Å². The van der Waals surface area contributed by atoms with Crippen LogP contribution in [0.25, 0.3) is 0 Å². The summed E-state index contributed by atoms with van der Waals surface area (Å²) in [6, 6.07) is 0. The third kappa shape index (κ3) is 2.12. The Morgan fingerprint density at radius 3 is 2.67 bits per heavy atom. The van der Waals surface area contributed by atoms with Crippen molar-refractivity contribution < 1.29 is 34.0 Å². The molecule has 5 atom stereocenters. The number of fused-ring (bicyclic) bond motifs is 2. The second kappa shape index (κ2) is 4.62. The van der Waals surface area contributed by atoms with Crippen molar-refractivity contribution in [1.29, 1.82) is 0 Å². The van der Waals surface area contributed by atoms with Crippen LogP contribution in [0.5, 0.6) is 0 Å². The molecule has 9 heteroatoms. The van der Waals surface area contributed by atoms with Crippen molar-refractivity contribution in [2.45, 2.75) is 49.8 Å². The second-order valence-electron chi connectivity index (χ2n) is 5.82. The van der Waals surface area contributed by atoms with Gasteiger partial charge in [-0.15, -0.1) is 0 Å². The predicted molar refractivity (Wildman–Crippen MR) is 65.7 cm³/mol. The minimum Gasteiger partial charge on any atom is -0.394 e. The van der Waals surface area contributed by atoms with E-state index in [4.69, 9.17) is 14.2 Å². The van der Waals surface area contributed by atoms with Crippen LogP contribution in [0.4, 0.5) is 0 Å². The SMILES string of the molecule is CC1(C)O[C@H]2[C@H](O)[C@@H](CO)O[C@@]3(NC(=O)CNC3=O)[C@H]2O1. The van der Waals surface area contributed by atoms with Gasteiger partial charge in [0.05, 0.1) is 13.2 Å². The largest absolute Gasteiger partial charge is 0.394 e. The van der Waals surface area contributed by atoms with Crippen molar-refractivity contribution in [3.05, 3.63) is 0 Å². The molecule has 118 valence electrons. The van der Waals surface area contributed by atoms with Gasteiger partial charge in [-0.2, -0.15) is 0 Å². The normalized spacial score (nSPS) is 45.1. The molecule has 3 saturated heterocycles. The highest BCUT2D eigenvalue weighted by Gasteiger charge is 2.66. The van der Waals surface area contributed by atoms with E-state index in [1.165, 1.54) is 0 Å². The molecular weight excluding hydrogens is 284 g/mol. The van der Waals surface area contributed by atoms with Gasteiger partial charge in [0.15, 0.2) is 5.79 Å². The van der Waals surface area contributed by atoms with Crippen LogP contribution in [0.1, 0.15) is 13.8 Å². The molecule has 0 bridgehead atoms. The lowest BCUT2D eigenvalue weighted by molar-refractivity contribution is -0.252. The molecule has 0 saturated carbocycles. The van der Waals surface area contributed by atoms with Crippen molar-refractivity contribution in [1.82, 2.24) is 10.6 Å². The Hall–Kier alpha value is -1.26. The Balaban J connectivity index is 2.02. The lowest BCUT2D eigenvalue weighted by atomic mass is 9.89. The number of piperazine rings is 1. The maximum Gasteiger partial charge on any atom is 0.276 e. The van der Waals surface area contributed by atoms with E-state index in [-0.39, 0.29) is 6.54 Å². The van der Waals surface area contributed by atoms with Crippen LogP contribution in [0, 0.1) is 0 Å². The van der Waals surface area contributed by atoms with Crippen LogP contribution in [0.3, 0.4) is 0 Å². The number of rotatable bonds is 1. The number of amides is 2. The number of aliphatic hydroxyl groups is 2. The van der Waals surface area contributed by atoms with E-state index < -0.39 is 54.3 Å². The fraction of sp³-hybridized carbons (Fsp3) is 0.833. The number of carbonyl (C=O) groups excluding carboxylic acids is 2. The van der Waals surface area contributed by atoms with E-state index in [1.54, 1.807) is 13.8 Å². The van der Waals surface area contributed by atoms with Crippen LogP contribution >= 0.6 is 0 Å². The van der Waals surface area contributed by atoms with Crippen molar-refractivity contribution in [2.75, 3.05) is 13.2 Å². The maximum atomic E-state index is 12.3. The Bertz CT molecular complexity index is 482. The summed E-state index contributed by atoms with van der Waals surface area (Å²) in [5.74, 6) is -2.10. The first-order chi connectivity index (χ1) is 9.79. The van der Waals surface area contributed by atoms with Crippen LogP contribution < -0.4 is 10.6 Å². The smallest absolute Gasteiger partial charge is 0.276 e. The van der Waals surface area contributed by atoms with Crippen molar-refractivity contribution in [3.8, 4) is 0 Å². The topological polar surface area (TPSA) is 126 Å². The number of carbonyl (C=O) groups is 2. The Morgan fingerprint density at radius 2 is 2.00 bits per heavy atom. The van der Waals surface area contributed by atoms with Crippen LogP contribution in [0.2, 0.25) is 0 Å². The van der Waals surface area contributed by atoms with Crippen molar-refractivity contribution >= 4 is 11.8 Å². The lowest BCUT2D eigenvalue weighted by Gasteiger charge is -2.48. The fourth-order valence-corrected chi connectivity index (χ4v) is 2.97. The van der Waals surface area contributed by atoms with Gasteiger partial charge in [0, 0.05) is 0 Å². The monoisotopic (exact) mass is 302 g/mol. The van der Waals surface area contributed by atoms with E-state index in [9.17, 15) is 19.8 Å². The summed E-state index contributed by atoms with van der Waals surface area (Å²) in [7, 11) is 0. The van der Waals surface area contributed by atoms with Crippen LogP contribution in [-0.2, 0) is 23.8 Å². The average Bonchev–Trinajstić information content (AvgIpc) is 2.75. The van der Waals surface area contributed by atoms with Gasteiger partial charge < -0.3 is 35.1 Å². The van der Waals surface area contributed by atoms with Gasteiger partial charge in [0.2, 0.25) is 5.91 Å².